The van der Waals surface area contributed by atoms with Crippen LogP contribution in [0.15, 0.2) is 54.6 Å². The number of aliphatic hydroxyl groups is 1. The van der Waals surface area contributed by atoms with Crippen LogP contribution in [0, 0.1) is 5.82 Å². The highest BCUT2D eigenvalue weighted by Crippen LogP contribution is 2.25. The molecule has 0 bridgehead atoms. The van der Waals surface area contributed by atoms with Crippen LogP contribution in [0.5, 0.6) is 0 Å². The van der Waals surface area contributed by atoms with Crippen LogP contribution in [-0.4, -0.2) is 47.8 Å². The van der Waals surface area contributed by atoms with Gasteiger partial charge in [-0.1, -0.05) is 36.4 Å². The van der Waals surface area contributed by atoms with Crippen molar-refractivity contribution in [1.29, 1.82) is 0 Å². The fraction of sp³-hybridized carbons (Fsp3) is 0.316. The molecular formula is C19H20FNO3. The van der Waals surface area contributed by atoms with Crippen LogP contribution in [0.4, 0.5) is 4.39 Å². The van der Waals surface area contributed by atoms with Crippen molar-refractivity contribution in [2.24, 2.45) is 0 Å². The molecule has 0 spiro atoms. The van der Waals surface area contributed by atoms with Gasteiger partial charge in [0.25, 0.3) is 5.91 Å². The van der Waals surface area contributed by atoms with Crippen LogP contribution in [0.1, 0.15) is 15.9 Å². The first-order valence-electron chi connectivity index (χ1n) is 7.96. The standard InChI is InChI=1S/C19H20FNO3/c20-17-9-5-4-8-16(17)12-19(14-22)13-21(10-11-24-19)18(23)15-6-2-1-3-7-15/h1-9,22H,10-14H2/t19-/m0/s1. The van der Waals surface area contributed by atoms with E-state index in [0.717, 1.165) is 0 Å². The molecule has 1 atom stereocenters. The second-order valence-electron chi connectivity index (χ2n) is 6.05. The third-order valence-corrected chi connectivity index (χ3v) is 4.32. The van der Waals surface area contributed by atoms with Gasteiger partial charge in [-0.2, -0.15) is 0 Å². The largest absolute Gasteiger partial charge is 0.393 e. The molecule has 0 aliphatic carbocycles. The second kappa shape index (κ2) is 7.11. The molecule has 1 aliphatic rings. The molecule has 24 heavy (non-hydrogen) atoms. The molecule has 2 aromatic carbocycles. The minimum Gasteiger partial charge on any atom is -0.393 e. The van der Waals surface area contributed by atoms with Crippen molar-refractivity contribution in [1.82, 2.24) is 4.90 Å². The number of halogens is 1. The highest BCUT2D eigenvalue weighted by atomic mass is 19.1. The SMILES string of the molecule is O=C(c1ccccc1)N1CCO[C@@](CO)(Cc2ccccc2F)C1. The zero-order chi connectivity index (χ0) is 17.0. The normalized spacial score (nSPS) is 20.8. The third kappa shape index (κ3) is 3.47. The van der Waals surface area contributed by atoms with E-state index in [1.165, 1.54) is 6.07 Å². The summed E-state index contributed by atoms with van der Waals surface area (Å²) in [5, 5.41) is 9.88. The number of benzene rings is 2. The van der Waals surface area contributed by atoms with E-state index in [9.17, 15) is 14.3 Å². The smallest absolute Gasteiger partial charge is 0.254 e. The number of nitrogens with zero attached hydrogens (tertiary/aromatic N) is 1. The molecule has 0 unspecified atom stereocenters. The minimum absolute atomic E-state index is 0.106. The predicted molar refractivity (Wildman–Crippen MR) is 88.2 cm³/mol. The highest BCUT2D eigenvalue weighted by Gasteiger charge is 2.38. The summed E-state index contributed by atoms with van der Waals surface area (Å²) in [5.41, 5.74) is 0.0860. The molecule has 4 nitrogen and oxygen atoms in total. The Morgan fingerprint density at radius 3 is 2.58 bits per heavy atom. The van der Waals surface area contributed by atoms with Gasteiger partial charge in [0.05, 0.1) is 19.8 Å². The van der Waals surface area contributed by atoms with Gasteiger partial charge in [-0.25, -0.2) is 4.39 Å². The van der Waals surface area contributed by atoms with E-state index in [4.69, 9.17) is 4.74 Å². The molecule has 0 radical (unpaired) electrons. The first-order chi connectivity index (χ1) is 11.6. The summed E-state index contributed by atoms with van der Waals surface area (Å²) in [7, 11) is 0. The van der Waals surface area contributed by atoms with E-state index >= 15 is 0 Å². The molecule has 0 saturated carbocycles. The second-order valence-corrected chi connectivity index (χ2v) is 6.05. The number of carbonyl (C=O) groups is 1. The third-order valence-electron chi connectivity index (χ3n) is 4.32. The Hall–Kier alpha value is -2.24. The quantitative estimate of drug-likeness (QED) is 0.936. The summed E-state index contributed by atoms with van der Waals surface area (Å²) in [6, 6.07) is 15.4. The number of hydrogen-bond donors (Lipinski definition) is 1. The Bertz CT molecular complexity index is 707. The van der Waals surface area contributed by atoms with E-state index in [1.807, 2.05) is 18.2 Å². The van der Waals surface area contributed by atoms with E-state index in [-0.39, 0.29) is 31.3 Å². The number of carbonyl (C=O) groups excluding carboxylic acids is 1. The monoisotopic (exact) mass is 329 g/mol. The molecule has 126 valence electrons. The van der Waals surface area contributed by atoms with Crippen LogP contribution >= 0.6 is 0 Å². The minimum atomic E-state index is -0.981. The molecule has 1 saturated heterocycles. The van der Waals surface area contributed by atoms with Crippen LogP contribution in [0.25, 0.3) is 0 Å². The van der Waals surface area contributed by atoms with E-state index in [0.29, 0.717) is 24.3 Å². The number of hydrogen-bond acceptors (Lipinski definition) is 3. The van der Waals surface area contributed by atoms with E-state index < -0.39 is 5.60 Å². The molecule has 1 fully saturated rings. The summed E-state index contributed by atoms with van der Waals surface area (Å²) < 4.78 is 19.7. The molecule has 2 aromatic rings. The van der Waals surface area contributed by atoms with Gasteiger partial charge < -0.3 is 14.7 Å². The van der Waals surface area contributed by atoms with E-state index in [2.05, 4.69) is 0 Å². The molecule has 1 amide bonds. The Labute approximate surface area is 140 Å². The summed E-state index contributed by atoms with van der Waals surface area (Å²) in [6.45, 7) is 0.714. The van der Waals surface area contributed by atoms with Gasteiger partial charge in [-0.15, -0.1) is 0 Å². The lowest BCUT2D eigenvalue weighted by Crippen LogP contribution is -2.56. The molecule has 5 heteroatoms. The molecule has 1 heterocycles. The zero-order valence-electron chi connectivity index (χ0n) is 13.3. The van der Waals surface area contributed by atoms with Gasteiger partial charge in [-0.3, -0.25) is 4.79 Å². The Balaban J connectivity index is 1.79. The summed E-state index contributed by atoms with van der Waals surface area (Å²) in [6.07, 6.45) is 0.217. The lowest BCUT2D eigenvalue weighted by Gasteiger charge is -2.42. The first kappa shape index (κ1) is 16.6. The van der Waals surface area contributed by atoms with Crippen LogP contribution < -0.4 is 0 Å². The highest BCUT2D eigenvalue weighted by molar-refractivity contribution is 5.94. The molecular weight excluding hydrogens is 309 g/mol. The van der Waals surface area contributed by atoms with Crippen molar-refractivity contribution in [2.45, 2.75) is 12.0 Å². The molecule has 1 aliphatic heterocycles. The average molecular weight is 329 g/mol. The summed E-state index contributed by atoms with van der Waals surface area (Å²) in [5.74, 6) is -0.439. The number of morpholine rings is 1. The summed E-state index contributed by atoms with van der Waals surface area (Å²) >= 11 is 0. The maximum absolute atomic E-state index is 14.0. The summed E-state index contributed by atoms with van der Waals surface area (Å²) in [4.78, 5) is 14.3. The van der Waals surface area contributed by atoms with Crippen molar-refractivity contribution in [3.63, 3.8) is 0 Å². The fourth-order valence-electron chi connectivity index (χ4n) is 3.03. The van der Waals surface area contributed by atoms with Gasteiger partial charge in [0.1, 0.15) is 11.4 Å². The van der Waals surface area contributed by atoms with Crippen LogP contribution in [0.3, 0.4) is 0 Å². The Kier molecular flexibility index (Phi) is 4.92. The number of rotatable bonds is 4. The van der Waals surface area contributed by atoms with Gasteiger partial charge in [0.15, 0.2) is 0 Å². The van der Waals surface area contributed by atoms with Crippen LogP contribution in [-0.2, 0) is 11.2 Å². The lowest BCUT2D eigenvalue weighted by molar-refractivity contribution is -0.123. The maximum Gasteiger partial charge on any atom is 0.254 e. The predicted octanol–water partition coefficient (Wildman–Crippen LogP) is 2.27. The molecule has 3 rings (SSSR count). The maximum atomic E-state index is 14.0. The lowest BCUT2D eigenvalue weighted by atomic mass is 9.92. The number of amides is 1. The van der Waals surface area contributed by atoms with Gasteiger partial charge in [0.2, 0.25) is 0 Å². The topological polar surface area (TPSA) is 49.8 Å². The first-order valence-corrected chi connectivity index (χ1v) is 7.96. The zero-order valence-corrected chi connectivity index (χ0v) is 13.3. The number of ether oxygens (including phenoxy) is 1. The molecule has 1 N–H and O–H groups in total. The van der Waals surface area contributed by atoms with E-state index in [1.54, 1.807) is 35.2 Å². The Morgan fingerprint density at radius 1 is 1.17 bits per heavy atom. The van der Waals surface area contributed by atoms with Gasteiger partial charge in [-0.05, 0) is 23.8 Å². The molecule has 0 aromatic heterocycles. The van der Waals surface area contributed by atoms with Gasteiger partial charge >= 0.3 is 0 Å². The van der Waals surface area contributed by atoms with Crippen LogP contribution in [0.2, 0.25) is 0 Å². The fourth-order valence-corrected chi connectivity index (χ4v) is 3.03. The Morgan fingerprint density at radius 2 is 1.88 bits per heavy atom. The van der Waals surface area contributed by atoms with Crippen molar-refractivity contribution < 1.29 is 19.0 Å². The average Bonchev–Trinajstić information content (AvgIpc) is 2.64. The van der Waals surface area contributed by atoms with Crippen molar-refractivity contribution in [3.8, 4) is 0 Å². The van der Waals surface area contributed by atoms with Crippen molar-refractivity contribution in [3.05, 3.63) is 71.5 Å². The number of aliphatic hydroxyl groups excluding tert-OH is 1. The van der Waals surface area contributed by atoms with Crippen molar-refractivity contribution in [2.75, 3.05) is 26.3 Å². The van der Waals surface area contributed by atoms with Crippen molar-refractivity contribution >= 4 is 5.91 Å². The van der Waals surface area contributed by atoms with Gasteiger partial charge in [0, 0.05) is 18.5 Å².